The summed E-state index contributed by atoms with van der Waals surface area (Å²) in [6, 6.07) is 15.7. The molecule has 7 aromatic rings. The van der Waals surface area contributed by atoms with Gasteiger partial charge in [0.1, 0.15) is 17.2 Å². The lowest BCUT2D eigenvalue weighted by atomic mass is 10.1. The van der Waals surface area contributed by atoms with E-state index in [0.717, 1.165) is 12.1 Å². The Balaban J connectivity index is 1.21. The number of carbonyl (C=O) groups is 1. The quantitative estimate of drug-likeness (QED) is 0.141. The van der Waals surface area contributed by atoms with Crippen LogP contribution in [0.1, 0.15) is 5.56 Å². The molecule has 240 valence electrons. The maximum Gasteiger partial charge on any atom is 0.228 e. The summed E-state index contributed by atoms with van der Waals surface area (Å²) >= 11 is 0. The van der Waals surface area contributed by atoms with Gasteiger partial charge < -0.3 is 20.5 Å². The summed E-state index contributed by atoms with van der Waals surface area (Å²) in [6.07, 6.45) is 7.86. The molecule has 0 fully saturated rings. The fourth-order valence-corrected chi connectivity index (χ4v) is 5.50. The molecule has 0 spiro atoms. The van der Waals surface area contributed by atoms with E-state index >= 15 is 4.39 Å². The molecule has 5 heterocycles. The van der Waals surface area contributed by atoms with Crippen molar-refractivity contribution in [3.05, 3.63) is 103 Å². The lowest BCUT2D eigenvalue weighted by Crippen LogP contribution is -2.20. The van der Waals surface area contributed by atoms with Gasteiger partial charge in [0.05, 0.1) is 52.6 Å². The Hall–Kier alpha value is -6.08. The third kappa shape index (κ3) is 6.31. The van der Waals surface area contributed by atoms with Crippen LogP contribution in [0.25, 0.3) is 55.8 Å². The molecular formula is C35H30F2N10O. The number of H-pyrrole nitrogens is 2. The number of halogens is 2. The highest BCUT2D eigenvalue weighted by Gasteiger charge is 2.22. The standard InChI is InChI=1S/C35H30F2N10O/c1-47(2)9-8-40-24-12-21(11-23(36)14-24)26-17-39-18-28-33(26)44-35(43-28)34-30-27(45-46-34)19-41-32(31(30)37)22-13-25(16-38-15-22)42-29(48)10-20-6-4-3-5-7-20/h3-7,11-19,40H,8-10H2,1-2H3,(H,42,48)(H,43,44)(H,45,46). The SMILES string of the molecule is CN(C)CCNc1cc(F)cc(-c2cncc3[nH]c(-c4n[nH]c5cnc(-c6cncc(NC(=O)Cc7ccccc7)c6)c(F)c45)nc23)c1. The van der Waals surface area contributed by atoms with Crippen LogP contribution in [0.3, 0.4) is 0 Å². The molecule has 0 aliphatic carbocycles. The minimum absolute atomic E-state index is 0.0318. The first kappa shape index (κ1) is 30.6. The first-order valence-electron chi connectivity index (χ1n) is 15.2. The average molecular weight is 645 g/mol. The molecule has 48 heavy (non-hydrogen) atoms. The van der Waals surface area contributed by atoms with Crippen molar-refractivity contribution in [2.45, 2.75) is 6.42 Å². The number of hydrogen-bond acceptors (Lipinski definition) is 8. The van der Waals surface area contributed by atoms with Gasteiger partial charge in [-0.05, 0) is 49.5 Å². The maximum absolute atomic E-state index is 16.3. The fraction of sp³-hybridized carbons (Fsp3) is 0.143. The highest BCUT2D eigenvalue weighted by atomic mass is 19.1. The topological polar surface area (TPSA) is 140 Å². The predicted molar refractivity (Wildman–Crippen MR) is 181 cm³/mol. The van der Waals surface area contributed by atoms with Crippen LogP contribution in [-0.2, 0) is 11.2 Å². The Bertz CT molecular complexity index is 2270. The molecule has 0 atom stereocenters. The molecule has 2 aromatic carbocycles. The number of aromatic nitrogens is 7. The van der Waals surface area contributed by atoms with Gasteiger partial charge in [-0.2, -0.15) is 5.10 Å². The van der Waals surface area contributed by atoms with Gasteiger partial charge in [0, 0.05) is 42.3 Å². The molecule has 0 aliphatic rings. The van der Waals surface area contributed by atoms with Crippen molar-refractivity contribution in [3.63, 3.8) is 0 Å². The number of pyridine rings is 3. The zero-order valence-electron chi connectivity index (χ0n) is 26.1. The van der Waals surface area contributed by atoms with E-state index in [-0.39, 0.29) is 29.1 Å². The normalized spacial score (nSPS) is 11.4. The van der Waals surface area contributed by atoms with Crippen LogP contribution in [0.15, 0.2) is 85.6 Å². The van der Waals surface area contributed by atoms with Crippen molar-refractivity contribution < 1.29 is 13.6 Å². The number of nitrogens with one attached hydrogen (secondary N) is 4. The van der Waals surface area contributed by atoms with E-state index in [1.54, 1.807) is 18.5 Å². The molecule has 0 unspecified atom stereocenters. The molecule has 0 saturated heterocycles. The molecular weight excluding hydrogens is 614 g/mol. The van der Waals surface area contributed by atoms with Gasteiger partial charge >= 0.3 is 0 Å². The Kier molecular flexibility index (Phi) is 8.26. The van der Waals surface area contributed by atoms with Gasteiger partial charge in [0.25, 0.3) is 0 Å². The number of nitrogens with zero attached hydrogens (tertiary/aromatic N) is 6. The van der Waals surface area contributed by atoms with Crippen LogP contribution in [0, 0.1) is 11.6 Å². The number of imidazole rings is 1. The van der Waals surface area contributed by atoms with E-state index in [4.69, 9.17) is 4.98 Å². The van der Waals surface area contributed by atoms with Crippen molar-refractivity contribution in [3.8, 4) is 33.9 Å². The first-order valence-corrected chi connectivity index (χ1v) is 15.2. The Morgan fingerprint density at radius 2 is 1.69 bits per heavy atom. The van der Waals surface area contributed by atoms with E-state index in [9.17, 15) is 9.18 Å². The van der Waals surface area contributed by atoms with E-state index in [1.165, 1.54) is 30.7 Å². The van der Waals surface area contributed by atoms with Gasteiger partial charge in [-0.3, -0.25) is 24.8 Å². The van der Waals surface area contributed by atoms with Crippen molar-refractivity contribution >= 4 is 39.2 Å². The third-order valence-electron chi connectivity index (χ3n) is 7.76. The zero-order chi connectivity index (χ0) is 33.2. The number of hydrogen-bond donors (Lipinski definition) is 4. The third-order valence-corrected chi connectivity index (χ3v) is 7.76. The molecule has 0 aliphatic heterocycles. The Morgan fingerprint density at radius 3 is 2.52 bits per heavy atom. The number of rotatable bonds is 10. The minimum atomic E-state index is -0.636. The largest absolute Gasteiger partial charge is 0.384 e. The lowest BCUT2D eigenvalue weighted by molar-refractivity contribution is -0.115. The van der Waals surface area contributed by atoms with Gasteiger partial charge in [-0.15, -0.1) is 0 Å². The predicted octanol–water partition coefficient (Wildman–Crippen LogP) is 6.06. The maximum atomic E-state index is 16.3. The van der Waals surface area contributed by atoms with Gasteiger partial charge in [0.2, 0.25) is 5.91 Å². The number of aromatic amines is 2. The van der Waals surface area contributed by atoms with Crippen molar-refractivity contribution in [2.75, 3.05) is 37.8 Å². The van der Waals surface area contributed by atoms with Gasteiger partial charge in [-0.25, -0.2) is 13.8 Å². The van der Waals surface area contributed by atoms with E-state index in [2.05, 4.69) is 40.8 Å². The van der Waals surface area contributed by atoms with Crippen LogP contribution in [-0.4, -0.2) is 73.1 Å². The highest BCUT2D eigenvalue weighted by Crippen LogP contribution is 2.35. The summed E-state index contributed by atoms with van der Waals surface area (Å²) in [5.41, 5.74) is 5.20. The second-order valence-corrected chi connectivity index (χ2v) is 11.6. The Labute approximate surface area is 273 Å². The molecule has 1 amide bonds. The van der Waals surface area contributed by atoms with E-state index < -0.39 is 11.6 Å². The first-order chi connectivity index (χ1) is 23.3. The highest BCUT2D eigenvalue weighted by molar-refractivity contribution is 5.98. The molecule has 11 nitrogen and oxygen atoms in total. The second kappa shape index (κ2) is 13.0. The number of carbonyl (C=O) groups excluding carboxylic acids is 1. The second-order valence-electron chi connectivity index (χ2n) is 11.6. The van der Waals surface area contributed by atoms with Crippen molar-refractivity contribution in [2.24, 2.45) is 0 Å². The number of fused-ring (bicyclic) bond motifs is 2. The van der Waals surface area contributed by atoms with Crippen LogP contribution in [0.5, 0.6) is 0 Å². The van der Waals surface area contributed by atoms with Crippen LogP contribution in [0.4, 0.5) is 20.2 Å². The summed E-state index contributed by atoms with van der Waals surface area (Å²) < 4.78 is 31.0. The minimum Gasteiger partial charge on any atom is -0.384 e. The van der Waals surface area contributed by atoms with Crippen LogP contribution < -0.4 is 10.6 Å². The number of anilines is 2. The summed E-state index contributed by atoms with van der Waals surface area (Å²) in [7, 11) is 3.94. The average Bonchev–Trinajstić information content (AvgIpc) is 3.70. The fourth-order valence-electron chi connectivity index (χ4n) is 5.50. The summed E-state index contributed by atoms with van der Waals surface area (Å²) in [5, 5.41) is 13.5. The molecule has 13 heteroatoms. The molecule has 0 bridgehead atoms. The smallest absolute Gasteiger partial charge is 0.228 e. The summed E-state index contributed by atoms with van der Waals surface area (Å²) in [5.74, 6) is -0.970. The molecule has 0 saturated carbocycles. The number of amides is 1. The molecule has 0 radical (unpaired) electrons. The monoisotopic (exact) mass is 644 g/mol. The van der Waals surface area contributed by atoms with Crippen LogP contribution in [0.2, 0.25) is 0 Å². The Morgan fingerprint density at radius 1 is 0.875 bits per heavy atom. The number of likely N-dealkylation sites (N-methyl/N-ethyl adjacent to an activating group) is 1. The van der Waals surface area contributed by atoms with Gasteiger partial charge in [0.15, 0.2) is 11.6 Å². The molecule has 4 N–H and O–H groups in total. The molecule has 5 aromatic heterocycles. The number of benzene rings is 2. The zero-order valence-corrected chi connectivity index (χ0v) is 26.1. The summed E-state index contributed by atoms with van der Waals surface area (Å²) in [4.78, 5) is 35.5. The van der Waals surface area contributed by atoms with Crippen LogP contribution >= 0.6 is 0 Å². The van der Waals surface area contributed by atoms with Gasteiger partial charge in [-0.1, -0.05) is 30.3 Å². The molecule has 7 rings (SSSR count). The van der Waals surface area contributed by atoms with Crippen molar-refractivity contribution in [1.29, 1.82) is 0 Å². The van der Waals surface area contributed by atoms with Crippen molar-refractivity contribution in [1.82, 2.24) is 40.0 Å². The van der Waals surface area contributed by atoms with E-state index in [0.29, 0.717) is 57.0 Å². The lowest BCUT2D eigenvalue weighted by Gasteiger charge is -2.12. The van der Waals surface area contributed by atoms with E-state index in [1.807, 2.05) is 55.4 Å². The summed E-state index contributed by atoms with van der Waals surface area (Å²) in [6.45, 7) is 1.42.